The molecule has 5 nitrogen and oxygen atoms in total. The van der Waals surface area contributed by atoms with Crippen molar-refractivity contribution in [3.8, 4) is 5.75 Å². The SMILES string of the molecule is COc1ccc(CNC(=O)COC(=O)c2c3ccccc3cc3ccccc23)cc1. The van der Waals surface area contributed by atoms with Crippen molar-refractivity contribution < 1.29 is 19.1 Å². The van der Waals surface area contributed by atoms with E-state index in [2.05, 4.69) is 5.32 Å². The van der Waals surface area contributed by atoms with Crippen LogP contribution in [0.3, 0.4) is 0 Å². The second kappa shape index (κ2) is 8.66. The third kappa shape index (κ3) is 4.10. The summed E-state index contributed by atoms with van der Waals surface area (Å²) in [4.78, 5) is 25.1. The molecule has 0 aliphatic rings. The van der Waals surface area contributed by atoms with Gasteiger partial charge in [0.2, 0.25) is 0 Å². The largest absolute Gasteiger partial charge is 0.497 e. The van der Waals surface area contributed by atoms with Crippen LogP contribution in [0.5, 0.6) is 5.75 Å². The van der Waals surface area contributed by atoms with Gasteiger partial charge in [0, 0.05) is 6.54 Å². The fourth-order valence-electron chi connectivity index (χ4n) is 3.43. The van der Waals surface area contributed by atoms with E-state index >= 15 is 0 Å². The van der Waals surface area contributed by atoms with Crippen LogP contribution in [-0.2, 0) is 16.1 Å². The number of hydrogen-bond acceptors (Lipinski definition) is 4. The molecule has 30 heavy (non-hydrogen) atoms. The van der Waals surface area contributed by atoms with Gasteiger partial charge in [-0.1, -0.05) is 60.7 Å². The highest BCUT2D eigenvalue weighted by Crippen LogP contribution is 2.29. The second-order valence-corrected chi connectivity index (χ2v) is 6.89. The molecule has 0 radical (unpaired) electrons. The number of ether oxygens (including phenoxy) is 2. The number of rotatable bonds is 6. The second-order valence-electron chi connectivity index (χ2n) is 6.89. The lowest BCUT2D eigenvalue weighted by Crippen LogP contribution is -2.28. The van der Waals surface area contributed by atoms with E-state index in [1.54, 1.807) is 7.11 Å². The van der Waals surface area contributed by atoms with Gasteiger partial charge in [-0.05, 0) is 45.3 Å². The molecular weight excluding hydrogens is 378 g/mol. The molecule has 4 rings (SSSR count). The molecule has 0 aliphatic carbocycles. The summed E-state index contributed by atoms with van der Waals surface area (Å²) < 4.78 is 10.5. The Morgan fingerprint density at radius 3 is 2.03 bits per heavy atom. The van der Waals surface area contributed by atoms with Crippen LogP contribution in [0.4, 0.5) is 0 Å². The molecule has 0 atom stereocenters. The summed E-state index contributed by atoms with van der Waals surface area (Å²) in [5.74, 6) is -0.118. The minimum absolute atomic E-state index is 0.341. The monoisotopic (exact) mass is 399 g/mol. The average Bonchev–Trinajstić information content (AvgIpc) is 2.79. The van der Waals surface area contributed by atoms with E-state index in [1.165, 1.54) is 0 Å². The lowest BCUT2D eigenvalue weighted by Gasteiger charge is -2.11. The molecular formula is C25H21NO4. The standard InChI is InChI=1S/C25H21NO4/c1-29-20-12-10-17(11-13-20)15-26-23(27)16-30-25(28)24-21-8-4-2-6-18(21)14-19-7-3-5-9-22(19)24/h2-14H,15-16H2,1H3,(H,26,27). The lowest BCUT2D eigenvalue weighted by molar-refractivity contribution is -0.124. The fourth-order valence-corrected chi connectivity index (χ4v) is 3.43. The Bertz CT molecular complexity index is 1160. The molecule has 0 aromatic heterocycles. The predicted octanol–water partition coefficient (Wildman–Crippen LogP) is 4.47. The maximum Gasteiger partial charge on any atom is 0.339 e. The van der Waals surface area contributed by atoms with Crippen LogP contribution in [0.25, 0.3) is 21.5 Å². The molecule has 0 spiro atoms. The molecule has 150 valence electrons. The van der Waals surface area contributed by atoms with Crippen LogP contribution in [-0.4, -0.2) is 25.6 Å². The fraction of sp³-hybridized carbons (Fsp3) is 0.120. The quantitative estimate of drug-likeness (QED) is 0.384. The Morgan fingerprint density at radius 2 is 1.43 bits per heavy atom. The van der Waals surface area contributed by atoms with E-state index in [0.717, 1.165) is 32.9 Å². The van der Waals surface area contributed by atoms with Gasteiger partial charge in [-0.2, -0.15) is 0 Å². The Hall–Kier alpha value is -3.86. The third-order valence-corrected chi connectivity index (χ3v) is 4.96. The van der Waals surface area contributed by atoms with Crippen molar-refractivity contribution in [2.75, 3.05) is 13.7 Å². The van der Waals surface area contributed by atoms with Crippen LogP contribution in [0.1, 0.15) is 15.9 Å². The first kappa shape index (κ1) is 19.5. The Balaban J connectivity index is 1.47. The van der Waals surface area contributed by atoms with E-state index in [1.807, 2.05) is 78.9 Å². The number of esters is 1. The van der Waals surface area contributed by atoms with Gasteiger partial charge in [0.1, 0.15) is 5.75 Å². The van der Waals surface area contributed by atoms with Crippen LogP contribution in [0, 0.1) is 0 Å². The van der Waals surface area contributed by atoms with Gasteiger partial charge in [0.15, 0.2) is 6.61 Å². The van der Waals surface area contributed by atoms with Crippen molar-refractivity contribution in [1.29, 1.82) is 0 Å². The molecule has 0 heterocycles. The molecule has 4 aromatic carbocycles. The molecule has 0 fully saturated rings. The van der Waals surface area contributed by atoms with Crippen LogP contribution < -0.4 is 10.1 Å². The molecule has 0 saturated carbocycles. The van der Waals surface area contributed by atoms with E-state index in [0.29, 0.717) is 12.1 Å². The number of benzene rings is 4. The first-order valence-electron chi connectivity index (χ1n) is 9.63. The molecule has 0 aliphatic heterocycles. The molecule has 1 amide bonds. The first-order valence-corrected chi connectivity index (χ1v) is 9.63. The lowest BCUT2D eigenvalue weighted by atomic mass is 9.97. The van der Waals surface area contributed by atoms with Gasteiger partial charge in [-0.3, -0.25) is 4.79 Å². The normalized spacial score (nSPS) is 10.7. The van der Waals surface area contributed by atoms with Gasteiger partial charge < -0.3 is 14.8 Å². The van der Waals surface area contributed by atoms with Gasteiger partial charge in [0.25, 0.3) is 5.91 Å². The van der Waals surface area contributed by atoms with E-state index in [4.69, 9.17) is 9.47 Å². The topological polar surface area (TPSA) is 64.6 Å². The smallest absolute Gasteiger partial charge is 0.339 e. The van der Waals surface area contributed by atoms with Crippen molar-refractivity contribution in [3.63, 3.8) is 0 Å². The highest BCUT2D eigenvalue weighted by atomic mass is 16.5. The highest BCUT2D eigenvalue weighted by Gasteiger charge is 2.17. The summed E-state index contributed by atoms with van der Waals surface area (Å²) in [6.07, 6.45) is 0. The summed E-state index contributed by atoms with van der Waals surface area (Å²) in [5, 5.41) is 6.27. The minimum atomic E-state index is -0.511. The predicted molar refractivity (Wildman–Crippen MR) is 117 cm³/mol. The molecule has 0 saturated heterocycles. The number of carbonyl (C=O) groups is 2. The summed E-state index contributed by atoms with van der Waals surface area (Å²) in [7, 11) is 1.60. The first-order chi connectivity index (χ1) is 14.7. The molecule has 0 unspecified atom stereocenters. The Labute approximate surface area is 174 Å². The van der Waals surface area contributed by atoms with E-state index < -0.39 is 5.97 Å². The zero-order valence-corrected chi connectivity index (χ0v) is 16.6. The van der Waals surface area contributed by atoms with Gasteiger partial charge in [0.05, 0.1) is 12.7 Å². The average molecular weight is 399 g/mol. The summed E-state index contributed by atoms with van der Waals surface area (Å²) in [6, 6.07) is 24.8. The number of methoxy groups -OCH3 is 1. The van der Waals surface area contributed by atoms with Crippen molar-refractivity contribution in [2.24, 2.45) is 0 Å². The number of carbonyl (C=O) groups excluding carboxylic acids is 2. The molecule has 5 heteroatoms. The van der Waals surface area contributed by atoms with E-state index in [-0.39, 0.29) is 12.5 Å². The maximum absolute atomic E-state index is 12.9. The number of hydrogen-bond donors (Lipinski definition) is 1. The third-order valence-electron chi connectivity index (χ3n) is 4.96. The zero-order valence-electron chi connectivity index (χ0n) is 16.6. The molecule has 0 bridgehead atoms. The van der Waals surface area contributed by atoms with Crippen molar-refractivity contribution in [1.82, 2.24) is 5.32 Å². The van der Waals surface area contributed by atoms with Gasteiger partial charge in [-0.25, -0.2) is 4.79 Å². The zero-order chi connectivity index (χ0) is 20.9. The highest BCUT2D eigenvalue weighted by molar-refractivity contribution is 6.16. The van der Waals surface area contributed by atoms with Crippen LogP contribution in [0.2, 0.25) is 0 Å². The number of amides is 1. The Morgan fingerprint density at radius 1 is 0.833 bits per heavy atom. The van der Waals surface area contributed by atoms with E-state index in [9.17, 15) is 9.59 Å². The number of nitrogens with one attached hydrogen (secondary N) is 1. The van der Waals surface area contributed by atoms with Crippen molar-refractivity contribution in [3.05, 3.63) is 90.0 Å². The summed E-state index contributed by atoms with van der Waals surface area (Å²) in [5.41, 5.74) is 1.40. The van der Waals surface area contributed by atoms with Crippen LogP contribution in [0.15, 0.2) is 78.9 Å². The summed E-state index contributed by atoms with van der Waals surface area (Å²) in [6.45, 7) is 0.00408. The van der Waals surface area contributed by atoms with Crippen molar-refractivity contribution in [2.45, 2.75) is 6.54 Å². The molecule has 1 N–H and O–H groups in total. The minimum Gasteiger partial charge on any atom is -0.497 e. The van der Waals surface area contributed by atoms with Crippen molar-refractivity contribution >= 4 is 33.4 Å². The van der Waals surface area contributed by atoms with Gasteiger partial charge in [-0.15, -0.1) is 0 Å². The summed E-state index contributed by atoms with van der Waals surface area (Å²) >= 11 is 0. The maximum atomic E-state index is 12.9. The number of fused-ring (bicyclic) bond motifs is 2. The Kier molecular flexibility index (Phi) is 5.61. The van der Waals surface area contributed by atoms with Gasteiger partial charge >= 0.3 is 5.97 Å². The van der Waals surface area contributed by atoms with Crippen LogP contribution >= 0.6 is 0 Å². The molecule has 4 aromatic rings.